The van der Waals surface area contributed by atoms with Gasteiger partial charge >= 0.3 is 6.09 Å². The van der Waals surface area contributed by atoms with Crippen molar-refractivity contribution in [1.82, 2.24) is 0 Å². The van der Waals surface area contributed by atoms with Crippen LogP contribution in [0.4, 0.5) is 16.2 Å². The first-order valence-electron chi connectivity index (χ1n) is 9.84. The maximum atomic E-state index is 11.7. The van der Waals surface area contributed by atoms with Gasteiger partial charge in [0.2, 0.25) is 5.91 Å². The summed E-state index contributed by atoms with van der Waals surface area (Å²) in [6.45, 7) is 5.96. The Bertz CT molecular complexity index is 845. The highest BCUT2D eigenvalue weighted by molar-refractivity contribution is 5.93. The quantitative estimate of drug-likeness (QED) is 0.842. The Labute approximate surface area is 173 Å². The number of ether oxygens (including phenoxy) is 1. The van der Waals surface area contributed by atoms with E-state index in [0.29, 0.717) is 0 Å². The highest BCUT2D eigenvalue weighted by Gasteiger charge is 2.20. The van der Waals surface area contributed by atoms with E-state index in [-0.39, 0.29) is 12.0 Å². The van der Waals surface area contributed by atoms with E-state index >= 15 is 0 Å². The van der Waals surface area contributed by atoms with Crippen molar-refractivity contribution in [3.05, 3.63) is 48.0 Å². The zero-order chi connectivity index (χ0) is 21.6. The van der Waals surface area contributed by atoms with Gasteiger partial charge in [-0.25, -0.2) is 4.79 Å². The van der Waals surface area contributed by atoms with Crippen molar-refractivity contribution < 1.29 is 14.3 Å². The fourth-order valence-corrected chi connectivity index (χ4v) is 3.29. The number of anilines is 2. The average Bonchev–Trinajstić information content (AvgIpc) is 2.66. The summed E-state index contributed by atoms with van der Waals surface area (Å²) in [4.78, 5) is 25.5. The fourth-order valence-electron chi connectivity index (χ4n) is 3.29. The van der Waals surface area contributed by atoms with Crippen LogP contribution >= 0.6 is 0 Å². The zero-order valence-electron chi connectivity index (χ0n) is 17.9. The van der Waals surface area contributed by atoms with Crippen LogP contribution in [0.3, 0.4) is 0 Å². The normalized spacial score (nSPS) is 12.6. The third-order valence-electron chi connectivity index (χ3n) is 4.65. The number of carbonyl (C=O) groups excluding carboxylic acids is 2. The molecule has 0 atom stereocenters. The molecule has 0 radical (unpaired) electrons. The zero-order valence-corrected chi connectivity index (χ0v) is 17.9. The van der Waals surface area contributed by atoms with Crippen molar-refractivity contribution in [1.29, 1.82) is 0 Å². The largest absolute Gasteiger partial charge is 0.447 e. The number of nitrogens with two attached hydrogens (primary N) is 1. The average molecular weight is 398 g/mol. The topological polar surface area (TPSA) is 75.9 Å². The Balaban J connectivity index is 0.000000370. The summed E-state index contributed by atoms with van der Waals surface area (Å²) >= 11 is 0. The second kappa shape index (κ2) is 9.96. The molecule has 2 N–H and O–H groups in total. The van der Waals surface area contributed by atoms with Crippen LogP contribution in [-0.2, 0) is 16.0 Å². The van der Waals surface area contributed by atoms with Crippen LogP contribution in [0.15, 0.2) is 42.5 Å². The Morgan fingerprint density at radius 2 is 1.69 bits per heavy atom. The first-order valence-corrected chi connectivity index (χ1v) is 9.84. The van der Waals surface area contributed by atoms with Gasteiger partial charge in [-0.05, 0) is 67.6 Å². The van der Waals surface area contributed by atoms with Gasteiger partial charge in [-0.2, -0.15) is 0 Å². The number of hydrogen-bond donors (Lipinski definition) is 1. The number of carbonyl (C=O) groups is 2. The van der Waals surface area contributed by atoms with Gasteiger partial charge in [-0.1, -0.05) is 18.2 Å². The molecule has 156 valence electrons. The minimum Gasteiger partial charge on any atom is -0.447 e. The van der Waals surface area contributed by atoms with E-state index in [0.717, 1.165) is 25.1 Å². The minimum absolute atomic E-state index is 0.0995. The molecule has 0 spiro atoms. The number of nitrogens with zero attached hydrogens (tertiary/aromatic N) is 2. The summed E-state index contributed by atoms with van der Waals surface area (Å²) in [5, 5.41) is 0. The lowest BCUT2D eigenvalue weighted by molar-refractivity contribution is -0.116. The first-order chi connectivity index (χ1) is 13.7. The van der Waals surface area contributed by atoms with Crippen molar-refractivity contribution >= 4 is 23.4 Å². The third-order valence-corrected chi connectivity index (χ3v) is 4.65. The molecule has 2 aromatic rings. The fraction of sp³-hybridized carbons (Fsp3) is 0.391. The van der Waals surface area contributed by atoms with Gasteiger partial charge in [0.25, 0.3) is 0 Å². The molecule has 0 saturated heterocycles. The van der Waals surface area contributed by atoms with Gasteiger partial charge in [0, 0.05) is 38.9 Å². The number of rotatable bonds is 3. The Morgan fingerprint density at radius 3 is 2.17 bits per heavy atom. The van der Waals surface area contributed by atoms with Crippen LogP contribution in [0.2, 0.25) is 0 Å². The standard InChI is InChI=1S/C19H22N2O.C4H9NO2/c1-14(22)21-12-4-5-17-13-16(8-11-19(17)21)15-6-9-18(10-7-15)20(2)3;1-3(2)7-4(5)6/h6-11,13H,4-5,12H2,1-3H3;3H,1-2H3,(H2,5,6). The molecule has 6 heteroatoms. The number of aryl methyl sites for hydroxylation is 1. The van der Waals surface area contributed by atoms with Gasteiger partial charge in [0.15, 0.2) is 0 Å². The molecule has 6 nitrogen and oxygen atoms in total. The van der Waals surface area contributed by atoms with E-state index in [2.05, 4.69) is 57.8 Å². The minimum atomic E-state index is -0.713. The second-order valence-electron chi connectivity index (χ2n) is 7.54. The maximum Gasteiger partial charge on any atom is 0.404 e. The summed E-state index contributed by atoms with van der Waals surface area (Å²) in [6, 6.07) is 15.0. The van der Waals surface area contributed by atoms with Gasteiger partial charge < -0.3 is 20.3 Å². The Hall–Kier alpha value is -3.02. The SMILES string of the molecule is CC(=O)N1CCCc2cc(-c3ccc(N(C)C)cc3)ccc21.CC(C)OC(N)=O. The van der Waals surface area contributed by atoms with Crippen LogP contribution in [0.25, 0.3) is 11.1 Å². The lowest BCUT2D eigenvalue weighted by atomic mass is 9.96. The number of amides is 2. The van der Waals surface area contributed by atoms with Gasteiger partial charge in [-0.15, -0.1) is 0 Å². The monoisotopic (exact) mass is 397 g/mol. The summed E-state index contributed by atoms with van der Waals surface area (Å²) in [6.07, 6.45) is 1.27. The van der Waals surface area contributed by atoms with Crippen molar-refractivity contribution in [2.45, 2.75) is 39.7 Å². The van der Waals surface area contributed by atoms with E-state index in [9.17, 15) is 9.59 Å². The summed E-state index contributed by atoms with van der Waals surface area (Å²) in [5.74, 6) is 0.129. The summed E-state index contributed by atoms with van der Waals surface area (Å²) in [7, 11) is 4.09. The van der Waals surface area contributed by atoms with Crippen LogP contribution in [0.1, 0.15) is 32.8 Å². The maximum absolute atomic E-state index is 11.7. The van der Waals surface area contributed by atoms with E-state index < -0.39 is 6.09 Å². The number of primary amides is 1. The van der Waals surface area contributed by atoms with Crippen molar-refractivity contribution in [2.75, 3.05) is 30.4 Å². The second-order valence-corrected chi connectivity index (χ2v) is 7.54. The number of hydrogen-bond acceptors (Lipinski definition) is 4. The van der Waals surface area contributed by atoms with Gasteiger partial charge in [-0.3, -0.25) is 4.79 Å². The molecule has 3 rings (SSSR count). The van der Waals surface area contributed by atoms with E-state index in [1.807, 2.05) is 19.0 Å². The van der Waals surface area contributed by atoms with Gasteiger partial charge in [0.1, 0.15) is 0 Å². The highest BCUT2D eigenvalue weighted by Crippen LogP contribution is 2.32. The summed E-state index contributed by atoms with van der Waals surface area (Å²) in [5.41, 5.74) is 10.6. The van der Waals surface area contributed by atoms with Crippen LogP contribution < -0.4 is 15.5 Å². The smallest absolute Gasteiger partial charge is 0.404 e. The van der Waals surface area contributed by atoms with E-state index in [4.69, 9.17) is 0 Å². The van der Waals surface area contributed by atoms with Crippen LogP contribution in [0.5, 0.6) is 0 Å². The first kappa shape index (κ1) is 22.3. The number of fused-ring (bicyclic) bond motifs is 1. The summed E-state index contributed by atoms with van der Waals surface area (Å²) < 4.78 is 4.39. The molecular weight excluding hydrogens is 366 g/mol. The van der Waals surface area contributed by atoms with Crippen molar-refractivity contribution in [3.8, 4) is 11.1 Å². The van der Waals surface area contributed by atoms with Crippen LogP contribution in [0, 0.1) is 0 Å². The van der Waals surface area contributed by atoms with E-state index in [1.54, 1.807) is 20.8 Å². The molecular formula is C23H31N3O3. The predicted octanol–water partition coefficient (Wildman–Crippen LogP) is 4.21. The highest BCUT2D eigenvalue weighted by atomic mass is 16.6. The molecule has 0 aliphatic carbocycles. The molecule has 1 aliphatic heterocycles. The Morgan fingerprint density at radius 1 is 1.07 bits per heavy atom. The molecule has 0 unspecified atom stereocenters. The molecule has 0 fully saturated rings. The molecule has 2 amide bonds. The predicted molar refractivity (Wildman–Crippen MR) is 118 cm³/mol. The van der Waals surface area contributed by atoms with Crippen LogP contribution in [-0.4, -0.2) is 38.7 Å². The van der Waals surface area contributed by atoms with E-state index in [1.165, 1.54) is 22.4 Å². The van der Waals surface area contributed by atoms with Crippen molar-refractivity contribution in [2.24, 2.45) is 5.73 Å². The number of benzene rings is 2. The molecule has 1 aliphatic rings. The molecule has 0 aromatic heterocycles. The molecule has 1 heterocycles. The third kappa shape index (κ3) is 6.24. The molecule has 29 heavy (non-hydrogen) atoms. The lowest BCUT2D eigenvalue weighted by Crippen LogP contribution is -2.33. The molecule has 0 bridgehead atoms. The lowest BCUT2D eigenvalue weighted by Gasteiger charge is -2.29. The van der Waals surface area contributed by atoms with Crippen molar-refractivity contribution in [3.63, 3.8) is 0 Å². The Kier molecular flexibility index (Phi) is 7.65. The molecule has 0 saturated carbocycles. The molecule has 2 aromatic carbocycles. The van der Waals surface area contributed by atoms with Gasteiger partial charge in [0.05, 0.1) is 6.10 Å².